The second-order valence-corrected chi connectivity index (χ2v) is 4.87. The standard InChI is InChI=1S/C13H20N2O2S/c1-10(8-16-2)15-13(14)18-9-11-6-4-5-7-12(11)17-3/h4-7,10H,8-9H2,1-3H3,(H2,14,15)/t10-/m1/s1. The van der Waals surface area contributed by atoms with Crippen LogP contribution in [0.3, 0.4) is 0 Å². The number of ether oxygens (including phenoxy) is 2. The molecule has 1 rings (SSSR count). The first-order valence-electron chi connectivity index (χ1n) is 5.74. The second kappa shape index (κ2) is 8.00. The predicted molar refractivity (Wildman–Crippen MR) is 77.2 cm³/mol. The van der Waals surface area contributed by atoms with E-state index in [9.17, 15) is 0 Å². The summed E-state index contributed by atoms with van der Waals surface area (Å²) in [7, 11) is 3.33. The van der Waals surface area contributed by atoms with Crippen molar-refractivity contribution in [2.45, 2.75) is 18.7 Å². The Morgan fingerprint density at radius 1 is 1.39 bits per heavy atom. The SMILES string of the molecule is COC[C@@H](C)N=C(N)SCc1ccccc1OC. The van der Waals surface area contributed by atoms with E-state index < -0.39 is 0 Å². The van der Waals surface area contributed by atoms with Gasteiger partial charge in [-0.25, -0.2) is 0 Å². The molecule has 0 amide bonds. The average molecular weight is 268 g/mol. The highest BCUT2D eigenvalue weighted by atomic mass is 32.2. The molecule has 0 aliphatic carbocycles. The average Bonchev–Trinajstić information content (AvgIpc) is 2.37. The number of rotatable bonds is 6. The Kier molecular flexibility index (Phi) is 6.60. The fourth-order valence-electron chi connectivity index (χ4n) is 1.51. The smallest absolute Gasteiger partial charge is 0.154 e. The zero-order valence-corrected chi connectivity index (χ0v) is 11.9. The number of para-hydroxylation sites is 1. The fourth-order valence-corrected chi connectivity index (χ4v) is 2.30. The van der Waals surface area contributed by atoms with Gasteiger partial charge >= 0.3 is 0 Å². The largest absolute Gasteiger partial charge is 0.496 e. The minimum atomic E-state index is 0.0835. The van der Waals surface area contributed by atoms with Crippen molar-refractivity contribution in [2.24, 2.45) is 10.7 Å². The molecule has 1 atom stereocenters. The van der Waals surface area contributed by atoms with Gasteiger partial charge in [-0.1, -0.05) is 30.0 Å². The van der Waals surface area contributed by atoms with E-state index in [2.05, 4.69) is 4.99 Å². The summed E-state index contributed by atoms with van der Waals surface area (Å²) in [4.78, 5) is 4.33. The molecular formula is C13H20N2O2S. The molecule has 0 heterocycles. The van der Waals surface area contributed by atoms with Gasteiger partial charge in [-0.05, 0) is 13.0 Å². The first-order valence-corrected chi connectivity index (χ1v) is 6.72. The zero-order chi connectivity index (χ0) is 13.4. The third-order valence-electron chi connectivity index (χ3n) is 2.32. The summed E-state index contributed by atoms with van der Waals surface area (Å²) in [6.45, 7) is 2.55. The number of nitrogens with zero attached hydrogens (tertiary/aromatic N) is 1. The highest BCUT2D eigenvalue weighted by molar-refractivity contribution is 8.13. The summed E-state index contributed by atoms with van der Waals surface area (Å²) < 4.78 is 10.3. The topological polar surface area (TPSA) is 56.8 Å². The predicted octanol–water partition coefficient (Wildman–Crippen LogP) is 2.28. The van der Waals surface area contributed by atoms with Gasteiger partial charge in [0.2, 0.25) is 0 Å². The summed E-state index contributed by atoms with van der Waals surface area (Å²) >= 11 is 1.51. The van der Waals surface area contributed by atoms with Crippen molar-refractivity contribution in [1.29, 1.82) is 0 Å². The number of methoxy groups -OCH3 is 2. The van der Waals surface area contributed by atoms with Crippen molar-refractivity contribution in [3.63, 3.8) is 0 Å². The van der Waals surface area contributed by atoms with Gasteiger partial charge in [-0.3, -0.25) is 4.99 Å². The monoisotopic (exact) mass is 268 g/mol. The first kappa shape index (κ1) is 14.9. The molecule has 4 nitrogen and oxygen atoms in total. The summed E-state index contributed by atoms with van der Waals surface area (Å²) in [6.07, 6.45) is 0. The molecule has 0 spiro atoms. The normalized spacial score (nSPS) is 13.4. The third-order valence-corrected chi connectivity index (χ3v) is 3.18. The molecule has 0 aromatic heterocycles. The lowest BCUT2D eigenvalue weighted by atomic mass is 10.2. The van der Waals surface area contributed by atoms with Gasteiger partial charge < -0.3 is 15.2 Å². The van der Waals surface area contributed by atoms with Gasteiger partial charge in [-0.2, -0.15) is 0 Å². The molecule has 2 N–H and O–H groups in total. The molecule has 0 unspecified atom stereocenters. The minimum absolute atomic E-state index is 0.0835. The van der Waals surface area contributed by atoms with E-state index in [-0.39, 0.29) is 6.04 Å². The molecule has 0 saturated heterocycles. The second-order valence-electron chi connectivity index (χ2n) is 3.87. The van der Waals surface area contributed by atoms with Crippen LogP contribution in [0.15, 0.2) is 29.3 Å². The molecule has 0 fully saturated rings. The Labute approximate surface area is 113 Å². The van der Waals surface area contributed by atoms with Crippen molar-refractivity contribution in [3.05, 3.63) is 29.8 Å². The molecule has 1 aromatic rings. The minimum Gasteiger partial charge on any atom is -0.496 e. The maximum absolute atomic E-state index is 5.86. The van der Waals surface area contributed by atoms with Crippen LogP contribution in [0.2, 0.25) is 0 Å². The number of hydrogen-bond donors (Lipinski definition) is 1. The number of thioether (sulfide) groups is 1. The maximum Gasteiger partial charge on any atom is 0.154 e. The van der Waals surface area contributed by atoms with Gasteiger partial charge in [0, 0.05) is 18.4 Å². The molecular weight excluding hydrogens is 248 g/mol. The quantitative estimate of drug-likeness (QED) is 0.635. The fraction of sp³-hybridized carbons (Fsp3) is 0.462. The lowest BCUT2D eigenvalue weighted by Crippen LogP contribution is -2.15. The number of hydrogen-bond acceptors (Lipinski definition) is 4. The Morgan fingerprint density at radius 3 is 2.78 bits per heavy atom. The summed E-state index contributed by atoms with van der Waals surface area (Å²) in [5, 5.41) is 0.574. The summed E-state index contributed by atoms with van der Waals surface area (Å²) in [6, 6.07) is 7.99. The van der Waals surface area contributed by atoms with Crippen LogP contribution in [0.1, 0.15) is 12.5 Å². The highest BCUT2D eigenvalue weighted by Crippen LogP contribution is 2.22. The molecule has 0 aliphatic rings. The highest BCUT2D eigenvalue weighted by Gasteiger charge is 2.04. The van der Waals surface area contributed by atoms with Gasteiger partial charge in [0.05, 0.1) is 19.8 Å². The third kappa shape index (κ3) is 4.98. The number of nitrogens with two attached hydrogens (primary N) is 1. The molecule has 0 aliphatic heterocycles. The van der Waals surface area contributed by atoms with Gasteiger partial charge in [0.1, 0.15) is 5.75 Å². The van der Waals surface area contributed by atoms with Crippen LogP contribution in [0.25, 0.3) is 0 Å². The van der Waals surface area contributed by atoms with E-state index in [0.717, 1.165) is 17.1 Å². The Balaban J connectivity index is 2.54. The molecule has 18 heavy (non-hydrogen) atoms. The molecule has 0 bridgehead atoms. The molecule has 1 aromatic carbocycles. The number of aliphatic imine (C=N–C) groups is 1. The van der Waals surface area contributed by atoms with Crippen LogP contribution >= 0.6 is 11.8 Å². The van der Waals surface area contributed by atoms with Crippen LogP contribution in [0.5, 0.6) is 5.75 Å². The van der Waals surface area contributed by atoms with E-state index in [4.69, 9.17) is 15.2 Å². The van der Waals surface area contributed by atoms with Gasteiger partial charge in [0.25, 0.3) is 0 Å². The molecule has 0 radical (unpaired) electrons. The Hall–Kier alpha value is -1.20. The van der Waals surface area contributed by atoms with E-state index in [0.29, 0.717) is 11.8 Å². The molecule has 5 heteroatoms. The zero-order valence-electron chi connectivity index (χ0n) is 11.1. The van der Waals surface area contributed by atoms with Crippen LogP contribution < -0.4 is 10.5 Å². The lowest BCUT2D eigenvalue weighted by Gasteiger charge is -2.09. The summed E-state index contributed by atoms with van der Waals surface area (Å²) in [5.74, 6) is 1.63. The lowest BCUT2D eigenvalue weighted by molar-refractivity contribution is 0.186. The maximum atomic E-state index is 5.86. The number of amidine groups is 1. The molecule has 100 valence electrons. The van der Waals surface area contributed by atoms with E-state index in [1.807, 2.05) is 31.2 Å². The van der Waals surface area contributed by atoms with Gasteiger partial charge in [0.15, 0.2) is 5.17 Å². The van der Waals surface area contributed by atoms with Crippen LogP contribution in [0, 0.1) is 0 Å². The van der Waals surface area contributed by atoms with Crippen LogP contribution in [-0.4, -0.2) is 32.0 Å². The van der Waals surface area contributed by atoms with Crippen molar-refractivity contribution >= 4 is 16.9 Å². The van der Waals surface area contributed by atoms with Crippen molar-refractivity contribution in [1.82, 2.24) is 0 Å². The van der Waals surface area contributed by atoms with Crippen molar-refractivity contribution < 1.29 is 9.47 Å². The first-order chi connectivity index (χ1) is 8.67. The van der Waals surface area contributed by atoms with Crippen LogP contribution in [-0.2, 0) is 10.5 Å². The molecule has 0 saturated carbocycles. The van der Waals surface area contributed by atoms with Crippen LogP contribution in [0.4, 0.5) is 0 Å². The van der Waals surface area contributed by atoms with Crippen molar-refractivity contribution in [2.75, 3.05) is 20.8 Å². The van der Waals surface area contributed by atoms with E-state index in [1.165, 1.54) is 11.8 Å². The summed E-state index contributed by atoms with van der Waals surface area (Å²) in [5.41, 5.74) is 6.97. The number of benzene rings is 1. The van der Waals surface area contributed by atoms with Gasteiger partial charge in [-0.15, -0.1) is 0 Å². The Morgan fingerprint density at radius 2 is 2.11 bits per heavy atom. The van der Waals surface area contributed by atoms with E-state index in [1.54, 1.807) is 14.2 Å². The Bertz CT molecular complexity index is 396. The van der Waals surface area contributed by atoms with E-state index >= 15 is 0 Å². The van der Waals surface area contributed by atoms with Crippen molar-refractivity contribution in [3.8, 4) is 5.75 Å².